The van der Waals surface area contributed by atoms with Gasteiger partial charge in [-0.3, -0.25) is 14.9 Å². The van der Waals surface area contributed by atoms with Gasteiger partial charge in [0.05, 0.1) is 24.2 Å². The average Bonchev–Trinajstić information content (AvgIpc) is 3.02. The first-order valence-electron chi connectivity index (χ1n) is 10.5. The van der Waals surface area contributed by atoms with Crippen LogP contribution in [-0.2, 0) is 4.79 Å². The van der Waals surface area contributed by atoms with E-state index in [1.807, 2.05) is 4.57 Å². The monoisotopic (exact) mass is 469 g/mol. The van der Waals surface area contributed by atoms with Gasteiger partial charge in [-0.05, 0) is 43.5 Å². The summed E-state index contributed by atoms with van der Waals surface area (Å²) >= 11 is 6.48. The molecule has 2 amide bonds. The molecule has 3 heterocycles. The van der Waals surface area contributed by atoms with E-state index in [1.54, 1.807) is 17.0 Å². The smallest absolute Gasteiger partial charge is 0.258 e. The van der Waals surface area contributed by atoms with Gasteiger partial charge in [0, 0.05) is 30.9 Å². The molecule has 4 rings (SSSR count). The molecule has 172 valence electrons. The zero-order chi connectivity index (χ0) is 23.5. The third-order valence-corrected chi connectivity index (χ3v) is 6.07. The number of rotatable bonds is 5. The number of phenols is 1. The number of amides is 2. The van der Waals surface area contributed by atoms with Crippen LogP contribution in [0.4, 0.5) is 5.95 Å². The first-order chi connectivity index (χ1) is 15.9. The SMILES string of the molecule is C=CC(=O)N1CCCCC(n2c(NC(=O)c3ccnc(OC)c3)nc3ccc(O)c(Cl)c32)C1. The zero-order valence-electron chi connectivity index (χ0n) is 18.1. The fourth-order valence-electron chi connectivity index (χ4n) is 4.08. The third-order valence-electron chi connectivity index (χ3n) is 5.70. The summed E-state index contributed by atoms with van der Waals surface area (Å²) in [6.45, 7) is 4.61. The fraction of sp³-hybridized carbons (Fsp3) is 0.304. The molecule has 33 heavy (non-hydrogen) atoms. The van der Waals surface area contributed by atoms with Crippen molar-refractivity contribution in [3.63, 3.8) is 0 Å². The highest BCUT2D eigenvalue weighted by Crippen LogP contribution is 2.38. The predicted octanol–water partition coefficient (Wildman–Crippen LogP) is 3.79. The second kappa shape index (κ2) is 9.50. The Morgan fingerprint density at radius 1 is 1.33 bits per heavy atom. The fourth-order valence-corrected chi connectivity index (χ4v) is 4.33. The Bertz CT molecular complexity index is 1230. The number of hydrogen-bond donors (Lipinski definition) is 2. The maximum atomic E-state index is 13.0. The van der Waals surface area contributed by atoms with Gasteiger partial charge in [-0.2, -0.15) is 0 Å². The van der Waals surface area contributed by atoms with Crippen LogP contribution in [0.1, 0.15) is 35.7 Å². The minimum atomic E-state index is -0.403. The van der Waals surface area contributed by atoms with E-state index in [2.05, 4.69) is 21.9 Å². The third kappa shape index (κ3) is 4.49. The molecule has 0 saturated carbocycles. The summed E-state index contributed by atoms with van der Waals surface area (Å²) < 4.78 is 6.92. The molecule has 10 heteroatoms. The predicted molar refractivity (Wildman–Crippen MR) is 125 cm³/mol. The Morgan fingerprint density at radius 2 is 2.15 bits per heavy atom. The highest BCUT2D eigenvalue weighted by atomic mass is 35.5. The van der Waals surface area contributed by atoms with Crippen LogP contribution in [-0.4, -0.2) is 56.6 Å². The second-order valence-corrected chi connectivity index (χ2v) is 8.13. The Hall–Kier alpha value is -3.59. The maximum absolute atomic E-state index is 13.0. The number of benzene rings is 1. The lowest BCUT2D eigenvalue weighted by Crippen LogP contribution is -2.34. The normalized spacial score (nSPS) is 16.3. The number of hydrogen-bond acceptors (Lipinski definition) is 6. The topological polar surface area (TPSA) is 110 Å². The van der Waals surface area contributed by atoms with Crippen LogP contribution in [0.15, 0.2) is 43.1 Å². The largest absolute Gasteiger partial charge is 0.506 e. The minimum absolute atomic E-state index is 0.0882. The zero-order valence-corrected chi connectivity index (χ0v) is 18.9. The van der Waals surface area contributed by atoms with Crippen LogP contribution < -0.4 is 10.1 Å². The summed E-state index contributed by atoms with van der Waals surface area (Å²) in [5, 5.41) is 13.2. The molecular formula is C23H24ClN5O4. The molecule has 1 saturated heterocycles. The van der Waals surface area contributed by atoms with Crippen molar-refractivity contribution in [2.75, 3.05) is 25.5 Å². The van der Waals surface area contributed by atoms with E-state index in [4.69, 9.17) is 16.3 Å². The standard InChI is InChI=1S/C23H24ClN5O4/c1-3-19(31)28-11-5-4-6-15(13-28)29-21-16(7-8-17(30)20(21)24)26-23(29)27-22(32)14-9-10-25-18(12-14)33-2/h3,7-10,12,15,30H,1,4-6,11,13H2,2H3,(H,26,27,32). The second-order valence-electron chi connectivity index (χ2n) is 7.75. The lowest BCUT2D eigenvalue weighted by atomic mass is 10.1. The summed E-state index contributed by atoms with van der Waals surface area (Å²) in [5.74, 6) is -0.0627. The summed E-state index contributed by atoms with van der Waals surface area (Å²) in [4.78, 5) is 35.7. The number of anilines is 1. The summed E-state index contributed by atoms with van der Waals surface area (Å²) in [5.41, 5.74) is 1.36. The molecule has 0 bridgehead atoms. The van der Waals surface area contributed by atoms with Gasteiger partial charge >= 0.3 is 0 Å². The van der Waals surface area contributed by atoms with Gasteiger partial charge in [0.25, 0.3) is 5.91 Å². The van der Waals surface area contributed by atoms with E-state index in [0.717, 1.165) is 19.3 Å². The molecule has 9 nitrogen and oxygen atoms in total. The van der Waals surface area contributed by atoms with Gasteiger partial charge in [-0.1, -0.05) is 18.2 Å². The van der Waals surface area contributed by atoms with Crippen LogP contribution in [0, 0.1) is 0 Å². The van der Waals surface area contributed by atoms with Gasteiger partial charge < -0.3 is 19.3 Å². The molecule has 1 aliphatic rings. The van der Waals surface area contributed by atoms with E-state index in [1.165, 1.54) is 31.5 Å². The quantitative estimate of drug-likeness (QED) is 0.550. The Kier molecular flexibility index (Phi) is 6.50. The Labute approximate surface area is 195 Å². The summed E-state index contributed by atoms with van der Waals surface area (Å²) in [6, 6.07) is 5.98. The van der Waals surface area contributed by atoms with E-state index >= 15 is 0 Å². The number of aromatic nitrogens is 3. The maximum Gasteiger partial charge on any atom is 0.258 e. The van der Waals surface area contributed by atoms with Crippen molar-refractivity contribution in [3.8, 4) is 11.6 Å². The Morgan fingerprint density at radius 3 is 2.91 bits per heavy atom. The number of ether oxygens (including phenoxy) is 1. The van der Waals surface area contributed by atoms with Crippen molar-refractivity contribution in [3.05, 3.63) is 53.7 Å². The Balaban J connectivity index is 1.79. The minimum Gasteiger partial charge on any atom is -0.506 e. The molecule has 0 aliphatic carbocycles. The van der Waals surface area contributed by atoms with Crippen LogP contribution >= 0.6 is 11.6 Å². The lowest BCUT2D eigenvalue weighted by Gasteiger charge is -2.26. The highest BCUT2D eigenvalue weighted by Gasteiger charge is 2.28. The van der Waals surface area contributed by atoms with Crippen molar-refractivity contribution < 1.29 is 19.4 Å². The van der Waals surface area contributed by atoms with E-state index in [9.17, 15) is 14.7 Å². The molecule has 0 radical (unpaired) electrons. The van der Waals surface area contributed by atoms with Crippen molar-refractivity contribution in [2.24, 2.45) is 0 Å². The summed E-state index contributed by atoms with van der Waals surface area (Å²) in [7, 11) is 1.47. The van der Waals surface area contributed by atoms with Crippen molar-refractivity contribution in [1.29, 1.82) is 0 Å². The highest BCUT2D eigenvalue weighted by molar-refractivity contribution is 6.36. The number of carbonyl (C=O) groups excluding carboxylic acids is 2. The molecule has 0 spiro atoms. The number of carbonyl (C=O) groups is 2. The first kappa shape index (κ1) is 22.6. The van der Waals surface area contributed by atoms with Gasteiger partial charge in [0.2, 0.25) is 17.7 Å². The molecule has 1 fully saturated rings. The number of imidazole rings is 1. The molecule has 1 aromatic carbocycles. The molecule has 2 N–H and O–H groups in total. The van der Waals surface area contributed by atoms with Crippen LogP contribution in [0.25, 0.3) is 11.0 Å². The number of methoxy groups -OCH3 is 1. The number of aromatic hydroxyl groups is 1. The van der Waals surface area contributed by atoms with Crippen LogP contribution in [0.3, 0.4) is 0 Å². The molecular weight excluding hydrogens is 446 g/mol. The number of phenolic OH excluding ortho intramolecular Hbond substituents is 1. The van der Waals surface area contributed by atoms with E-state index in [-0.39, 0.29) is 28.7 Å². The molecule has 2 aromatic heterocycles. The van der Waals surface area contributed by atoms with Crippen LogP contribution in [0.2, 0.25) is 5.02 Å². The van der Waals surface area contributed by atoms with Gasteiger partial charge in [-0.25, -0.2) is 9.97 Å². The number of nitrogens with zero attached hydrogens (tertiary/aromatic N) is 4. The number of halogens is 1. The van der Waals surface area contributed by atoms with Crippen molar-refractivity contribution >= 4 is 40.4 Å². The van der Waals surface area contributed by atoms with Crippen LogP contribution in [0.5, 0.6) is 11.6 Å². The first-order valence-corrected chi connectivity index (χ1v) is 10.9. The van der Waals surface area contributed by atoms with Crippen molar-refractivity contribution in [2.45, 2.75) is 25.3 Å². The van der Waals surface area contributed by atoms with E-state index in [0.29, 0.717) is 35.6 Å². The van der Waals surface area contributed by atoms with Gasteiger partial charge in [0.15, 0.2) is 0 Å². The average molecular weight is 470 g/mol. The molecule has 1 aliphatic heterocycles. The van der Waals surface area contributed by atoms with Crippen molar-refractivity contribution in [1.82, 2.24) is 19.4 Å². The lowest BCUT2D eigenvalue weighted by molar-refractivity contribution is -0.126. The molecule has 3 aromatic rings. The number of pyridine rings is 1. The number of fused-ring (bicyclic) bond motifs is 1. The summed E-state index contributed by atoms with van der Waals surface area (Å²) in [6.07, 6.45) is 5.24. The van der Waals surface area contributed by atoms with Gasteiger partial charge in [-0.15, -0.1) is 0 Å². The van der Waals surface area contributed by atoms with Gasteiger partial charge in [0.1, 0.15) is 10.8 Å². The number of nitrogens with one attached hydrogen (secondary N) is 1. The molecule has 1 atom stereocenters. The van der Waals surface area contributed by atoms with E-state index < -0.39 is 5.91 Å². The number of likely N-dealkylation sites (tertiary alicyclic amines) is 1. The molecule has 1 unspecified atom stereocenters.